The normalized spacial score (nSPS) is 12.1. The summed E-state index contributed by atoms with van der Waals surface area (Å²) in [6.07, 6.45) is 1.58. The number of hydrogen-bond donors (Lipinski definition) is 1. The minimum absolute atomic E-state index is 0.212. The van der Waals surface area contributed by atoms with Gasteiger partial charge in [-0.3, -0.25) is 4.79 Å². The molecule has 0 saturated heterocycles. The first-order valence-corrected chi connectivity index (χ1v) is 8.87. The van der Waals surface area contributed by atoms with Crippen LogP contribution in [0.2, 0.25) is 10.0 Å². The largest absolute Gasteiger partial charge is 0.467 e. The van der Waals surface area contributed by atoms with Crippen LogP contribution in [0.4, 0.5) is 5.69 Å². The summed E-state index contributed by atoms with van der Waals surface area (Å²) in [5.74, 6) is 0.510. The van der Waals surface area contributed by atoms with Gasteiger partial charge in [0, 0.05) is 15.7 Å². The van der Waals surface area contributed by atoms with E-state index in [9.17, 15) is 4.79 Å². The summed E-state index contributed by atoms with van der Waals surface area (Å²) < 4.78 is 6.86. The lowest BCUT2D eigenvalue weighted by Crippen LogP contribution is -2.23. The summed E-state index contributed by atoms with van der Waals surface area (Å²) in [5.41, 5.74) is 0.533. The Bertz CT molecular complexity index is 848. The zero-order valence-corrected chi connectivity index (χ0v) is 15.3. The second-order valence-corrected chi connectivity index (χ2v) is 7.29. The van der Waals surface area contributed by atoms with Crippen LogP contribution in [0, 0.1) is 0 Å². The summed E-state index contributed by atoms with van der Waals surface area (Å²) in [6, 6.07) is 8.47. The Morgan fingerprint density at radius 1 is 1.36 bits per heavy atom. The number of rotatable bonds is 6. The number of halogens is 2. The van der Waals surface area contributed by atoms with Crippen LogP contribution in [0.3, 0.4) is 0 Å². The molecule has 2 aromatic heterocycles. The third-order valence-electron chi connectivity index (χ3n) is 3.17. The van der Waals surface area contributed by atoms with Crippen LogP contribution in [-0.2, 0) is 11.3 Å². The molecule has 10 heteroatoms. The molecule has 0 radical (unpaired) electrons. The van der Waals surface area contributed by atoms with E-state index in [1.807, 2.05) is 6.07 Å². The van der Waals surface area contributed by atoms with E-state index in [0.717, 1.165) is 5.76 Å². The maximum Gasteiger partial charge on any atom is 0.237 e. The smallest absolute Gasteiger partial charge is 0.237 e. The van der Waals surface area contributed by atoms with E-state index in [0.29, 0.717) is 27.4 Å². The molecule has 0 aliphatic heterocycles. The first-order valence-electron chi connectivity index (χ1n) is 7.23. The summed E-state index contributed by atoms with van der Waals surface area (Å²) in [5, 5.41) is 15.3. The Morgan fingerprint density at radius 3 is 2.80 bits per heavy atom. The number of furan rings is 1. The van der Waals surface area contributed by atoms with Crippen molar-refractivity contribution in [3.05, 3.63) is 52.4 Å². The lowest BCUT2D eigenvalue weighted by molar-refractivity contribution is -0.115. The van der Waals surface area contributed by atoms with Crippen LogP contribution < -0.4 is 5.32 Å². The Labute approximate surface area is 157 Å². The minimum atomic E-state index is -0.431. The Kier molecular flexibility index (Phi) is 5.62. The van der Waals surface area contributed by atoms with Gasteiger partial charge in [-0.1, -0.05) is 35.0 Å². The number of thioether (sulfide) groups is 1. The van der Waals surface area contributed by atoms with E-state index < -0.39 is 5.25 Å². The zero-order valence-electron chi connectivity index (χ0n) is 13.0. The molecule has 1 aromatic carbocycles. The fourth-order valence-electron chi connectivity index (χ4n) is 2.01. The van der Waals surface area contributed by atoms with Crippen LogP contribution in [-0.4, -0.2) is 31.4 Å². The predicted octanol–water partition coefficient (Wildman–Crippen LogP) is 3.74. The van der Waals surface area contributed by atoms with Crippen LogP contribution in [0.25, 0.3) is 0 Å². The van der Waals surface area contributed by atoms with Crippen molar-refractivity contribution < 1.29 is 9.21 Å². The molecule has 0 aliphatic rings. The Morgan fingerprint density at radius 2 is 2.12 bits per heavy atom. The third kappa shape index (κ3) is 4.75. The molecule has 3 rings (SSSR count). The number of tetrazole rings is 1. The quantitative estimate of drug-likeness (QED) is 0.637. The number of carbonyl (C=O) groups is 1. The molecule has 0 aliphatic carbocycles. The number of hydrogen-bond acceptors (Lipinski definition) is 6. The monoisotopic (exact) mass is 397 g/mol. The second kappa shape index (κ2) is 7.90. The van der Waals surface area contributed by atoms with Crippen LogP contribution in [0.15, 0.2) is 46.2 Å². The van der Waals surface area contributed by atoms with E-state index in [2.05, 4.69) is 20.8 Å². The molecule has 2 heterocycles. The van der Waals surface area contributed by atoms with Crippen LogP contribution >= 0.6 is 35.0 Å². The lowest BCUT2D eigenvalue weighted by atomic mass is 10.3. The van der Waals surface area contributed by atoms with Gasteiger partial charge in [0.05, 0.1) is 11.5 Å². The van der Waals surface area contributed by atoms with Crippen molar-refractivity contribution in [3.8, 4) is 0 Å². The van der Waals surface area contributed by atoms with E-state index in [4.69, 9.17) is 27.6 Å². The van der Waals surface area contributed by atoms with E-state index in [1.165, 1.54) is 11.8 Å². The minimum Gasteiger partial charge on any atom is -0.467 e. The highest BCUT2D eigenvalue weighted by molar-refractivity contribution is 8.00. The molecule has 130 valence electrons. The number of aromatic nitrogens is 4. The summed E-state index contributed by atoms with van der Waals surface area (Å²) in [6.45, 7) is 2.15. The molecule has 1 unspecified atom stereocenters. The topological polar surface area (TPSA) is 85.8 Å². The predicted molar refractivity (Wildman–Crippen MR) is 96.0 cm³/mol. The highest BCUT2D eigenvalue weighted by atomic mass is 35.5. The molecular formula is C15H13Cl2N5O2S. The van der Waals surface area contributed by atoms with Crippen molar-refractivity contribution >= 4 is 46.6 Å². The Balaban J connectivity index is 1.65. The number of nitrogens with zero attached hydrogens (tertiary/aromatic N) is 4. The van der Waals surface area contributed by atoms with Gasteiger partial charge in [0.1, 0.15) is 12.3 Å². The average molecular weight is 398 g/mol. The van der Waals surface area contributed by atoms with Gasteiger partial charge in [-0.15, -0.1) is 5.10 Å². The van der Waals surface area contributed by atoms with Gasteiger partial charge in [0.2, 0.25) is 11.1 Å². The van der Waals surface area contributed by atoms with Crippen LogP contribution in [0.5, 0.6) is 0 Å². The molecule has 1 amide bonds. The third-order valence-corrected chi connectivity index (χ3v) is 4.67. The van der Waals surface area contributed by atoms with Gasteiger partial charge in [0.25, 0.3) is 0 Å². The maximum absolute atomic E-state index is 12.4. The van der Waals surface area contributed by atoms with Gasteiger partial charge in [-0.2, -0.15) is 0 Å². The molecule has 0 fully saturated rings. The highest BCUT2D eigenvalue weighted by Gasteiger charge is 2.19. The first-order chi connectivity index (χ1) is 12.0. The molecule has 0 saturated carbocycles. The summed E-state index contributed by atoms with van der Waals surface area (Å²) >= 11 is 13.1. The fraction of sp³-hybridized carbons (Fsp3) is 0.200. The fourth-order valence-corrected chi connectivity index (χ4v) is 3.33. The summed E-state index contributed by atoms with van der Waals surface area (Å²) in [4.78, 5) is 12.4. The molecule has 25 heavy (non-hydrogen) atoms. The van der Waals surface area contributed by atoms with Crippen molar-refractivity contribution in [2.45, 2.75) is 23.9 Å². The number of benzene rings is 1. The lowest BCUT2D eigenvalue weighted by Gasteiger charge is -2.12. The van der Waals surface area contributed by atoms with E-state index in [1.54, 1.807) is 42.1 Å². The zero-order chi connectivity index (χ0) is 17.8. The molecule has 0 bridgehead atoms. The molecular weight excluding hydrogens is 385 g/mol. The van der Waals surface area contributed by atoms with Crippen molar-refractivity contribution in [2.75, 3.05) is 5.32 Å². The van der Waals surface area contributed by atoms with Gasteiger partial charge in [-0.05, 0) is 47.7 Å². The molecule has 3 aromatic rings. The standard InChI is InChI=1S/C15H13Cl2N5O2S/c1-9(14(23)18-12-6-10(16)5-11(17)7-12)25-15-19-20-21-22(15)8-13-3-2-4-24-13/h2-7,9H,8H2,1H3,(H,18,23). The number of carbonyl (C=O) groups excluding carboxylic acids is 1. The van der Waals surface area contributed by atoms with E-state index in [-0.39, 0.29) is 5.91 Å². The molecule has 0 spiro atoms. The van der Waals surface area contributed by atoms with Gasteiger partial charge >= 0.3 is 0 Å². The van der Waals surface area contributed by atoms with Gasteiger partial charge in [0.15, 0.2) is 0 Å². The van der Waals surface area contributed by atoms with Crippen molar-refractivity contribution in [3.63, 3.8) is 0 Å². The van der Waals surface area contributed by atoms with Crippen molar-refractivity contribution in [2.24, 2.45) is 0 Å². The Hall–Kier alpha value is -2.03. The second-order valence-electron chi connectivity index (χ2n) is 5.11. The first kappa shape index (κ1) is 17.8. The maximum atomic E-state index is 12.4. The molecule has 7 nitrogen and oxygen atoms in total. The number of anilines is 1. The van der Waals surface area contributed by atoms with Crippen molar-refractivity contribution in [1.29, 1.82) is 0 Å². The van der Waals surface area contributed by atoms with Gasteiger partial charge < -0.3 is 9.73 Å². The number of amides is 1. The van der Waals surface area contributed by atoms with Crippen molar-refractivity contribution in [1.82, 2.24) is 20.2 Å². The van der Waals surface area contributed by atoms with E-state index >= 15 is 0 Å². The average Bonchev–Trinajstić information content (AvgIpc) is 3.19. The van der Waals surface area contributed by atoms with Gasteiger partial charge in [-0.25, -0.2) is 4.68 Å². The number of nitrogens with one attached hydrogen (secondary N) is 1. The summed E-state index contributed by atoms with van der Waals surface area (Å²) in [7, 11) is 0. The molecule has 1 N–H and O–H groups in total. The molecule has 1 atom stereocenters. The van der Waals surface area contributed by atoms with Crippen LogP contribution in [0.1, 0.15) is 12.7 Å². The highest BCUT2D eigenvalue weighted by Crippen LogP contribution is 2.25. The SMILES string of the molecule is CC(Sc1nnnn1Cc1ccco1)C(=O)Nc1cc(Cl)cc(Cl)c1.